The first kappa shape index (κ1) is 7.54. The maximum absolute atomic E-state index is 11.1. The zero-order valence-corrected chi connectivity index (χ0v) is 6.59. The second-order valence-corrected chi connectivity index (χ2v) is 3.23. The molecule has 1 heterocycles. The largest absolute Gasteiger partial charge is 0.380 e. The SMILES string of the molecule is CC1CN(C)C(=O)[C@]1(C)O. The Balaban J connectivity index is 2.85. The van der Waals surface area contributed by atoms with Crippen molar-refractivity contribution in [3.8, 4) is 0 Å². The summed E-state index contributed by atoms with van der Waals surface area (Å²) in [4.78, 5) is 12.7. The van der Waals surface area contributed by atoms with Crippen molar-refractivity contribution in [3.05, 3.63) is 0 Å². The van der Waals surface area contributed by atoms with Gasteiger partial charge in [0.1, 0.15) is 5.60 Å². The summed E-state index contributed by atoms with van der Waals surface area (Å²) in [6.45, 7) is 4.11. The second kappa shape index (κ2) is 1.95. The number of hydrogen-bond acceptors (Lipinski definition) is 2. The molecule has 3 nitrogen and oxygen atoms in total. The third kappa shape index (κ3) is 0.814. The Morgan fingerprint density at radius 3 is 2.40 bits per heavy atom. The van der Waals surface area contributed by atoms with Crippen LogP contribution in [-0.2, 0) is 4.79 Å². The summed E-state index contributed by atoms with van der Waals surface area (Å²) in [5.41, 5.74) is -1.13. The highest BCUT2D eigenvalue weighted by molar-refractivity contribution is 5.86. The molecule has 1 fully saturated rings. The Morgan fingerprint density at radius 2 is 2.30 bits per heavy atom. The zero-order valence-electron chi connectivity index (χ0n) is 6.59. The molecule has 1 rings (SSSR count). The van der Waals surface area contributed by atoms with Crippen molar-refractivity contribution in [2.75, 3.05) is 13.6 Å². The zero-order chi connectivity index (χ0) is 7.94. The highest BCUT2D eigenvalue weighted by Gasteiger charge is 2.45. The highest BCUT2D eigenvalue weighted by atomic mass is 16.3. The van der Waals surface area contributed by atoms with E-state index in [9.17, 15) is 9.90 Å². The van der Waals surface area contributed by atoms with Gasteiger partial charge in [0.2, 0.25) is 0 Å². The summed E-state index contributed by atoms with van der Waals surface area (Å²) in [6, 6.07) is 0. The fourth-order valence-corrected chi connectivity index (χ4v) is 1.27. The van der Waals surface area contributed by atoms with E-state index in [1.54, 1.807) is 18.9 Å². The molecule has 0 radical (unpaired) electrons. The number of hydrogen-bond donors (Lipinski definition) is 1. The normalized spacial score (nSPS) is 41.0. The molecule has 0 aromatic carbocycles. The number of aliphatic hydroxyl groups is 1. The first-order valence-electron chi connectivity index (χ1n) is 3.44. The van der Waals surface area contributed by atoms with E-state index in [4.69, 9.17) is 0 Å². The summed E-state index contributed by atoms with van der Waals surface area (Å²) < 4.78 is 0. The van der Waals surface area contributed by atoms with Crippen LogP contribution in [0.15, 0.2) is 0 Å². The van der Waals surface area contributed by atoms with Gasteiger partial charge in [0.15, 0.2) is 0 Å². The van der Waals surface area contributed by atoms with Crippen molar-refractivity contribution in [3.63, 3.8) is 0 Å². The van der Waals surface area contributed by atoms with Crippen LogP contribution in [0.25, 0.3) is 0 Å². The van der Waals surface area contributed by atoms with E-state index in [0.717, 1.165) is 0 Å². The predicted octanol–water partition coefficient (Wildman–Crippen LogP) is -0.155. The fourth-order valence-electron chi connectivity index (χ4n) is 1.27. The number of rotatable bonds is 0. The van der Waals surface area contributed by atoms with E-state index in [1.807, 2.05) is 6.92 Å². The Kier molecular flexibility index (Phi) is 1.47. The number of carbonyl (C=O) groups excluding carboxylic acids is 1. The number of likely N-dealkylation sites (tertiary alicyclic amines) is 1. The number of amides is 1. The number of nitrogens with zero attached hydrogens (tertiary/aromatic N) is 1. The van der Waals surface area contributed by atoms with Gasteiger partial charge in [-0.15, -0.1) is 0 Å². The first-order valence-corrected chi connectivity index (χ1v) is 3.44. The van der Waals surface area contributed by atoms with Crippen LogP contribution in [0, 0.1) is 5.92 Å². The lowest BCUT2D eigenvalue weighted by molar-refractivity contribution is -0.142. The fraction of sp³-hybridized carbons (Fsp3) is 0.857. The van der Waals surface area contributed by atoms with Crippen LogP contribution < -0.4 is 0 Å². The lowest BCUT2D eigenvalue weighted by atomic mass is 9.95. The van der Waals surface area contributed by atoms with E-state index < -0.39 is 5.60 Å². The van der Waals surface area contributed by atoms with E-state index >= 15 is 0 Å². The summed E-state index contributed by atoms with van der Waals surface area (Å²) in [6.07, 6.45) is 0. The van der Waals surface area contributed by atoms with Crippen LogP contribution in [0.2, 0.25) is 0 Å². The lowest BCUT2D eigenvalue weighted by Gasteiger charge is -2.17. The Morgan fingerprint density at radius 1 is 1.80 bits per heavy atom. The van der Waals surface area contributed by atoms with Gasteiger partial charge in [-0.3, -0.25) is 4.79 Å². The quantitative estimate of drug-likeness (QED) is 0.512. The van der Waals surface area contributed by atoms with Gasteiger partial charge in [-0.05, 0) is 6.92 Å². The minimum atomic E-state index is -1.13. The van der Waals surface area contributed by atoms with Gasteiger partial charge >= 0.3 is 0 Å². The Bertz CT molecular complexity index is 165. The van der Waals surface area contributed by atoms with Gasteiger partial charge < -0.3 is 10.0 Å². The third-order valence-corrected chi connectivity index (χ3v) is 2.29. The molecule has 1 N–H and O–H groups in total. The molecular weight excluding hydrogens is 130 g/mol. The van der Waals surface area contributed by atoms with Crippen molar-refractivity contribution < 1.29 is 9.90 Å². The van der Waals surface area contributed by atoms with Gasteiger partial charge in [0.05, 0.1) is 0 Å². The molecule has 1 aliphatic heterocycles. The molecule has 58 valence electrons. The van der Waals surface area contributed by atoms with Crippen LogP contribution in [0.4, 0.5) is 0 Å². The van der Waals surface area contributed by atoms with Crippen molar-refractivity contribution >= 4 is 5.91 Å². The minimum absolute atomic E-state index is 0.0463. The van der Waals surface area contributed by atoms with Gasteiger partial charge in [0, 0.05) is 19.5 Å². The van der Waals surface area contributed by atoms with Gasteiger partial charge in [-0.25, -0.2) is 0 Å². The molecule has 0 bridgehead atoms. The third-order valence-electron chi connectivity index (χ3n) is 2.29. The average Bonchev–Trinajstić information content (AvgIpc) is 1.97. The molecule has 0 aromatic heterocycles. The van der Waals surface area contributed by atoms with Gasteiger partial charge in [-0.2, -0.15) is 0 Å². The summed E-state index contributed by atoms with van der Waals surface area (Å²) in [5, 5.41) is 9.51. The molecule has 0 aromatic rings. The molecular formula is C7H13NO2. The maximum atomic E-state index is 11.1. The number of carbonyl (C=O) groups is 1. The predicted molar refractivity (Wildman–Crippen MR) is 37.4 cm³/mol. The van der Waals surface area contributed by atoms with E-state index in [-0.39, 0.29) is 11.8 Å². The second-order valence-electron chi connectivity index (χ2n) is 3.23. The molecule has 1 unspecified atom stereocenters. The molecule has 0 aliphatic carbocycles. The molecule has 2 atom stereocenters. The smallest absolute Gasteiger partial charge is 0.254 e. The van der Waals surface area contributed by atoms with Gasteiger partial charge in [-0.1, -0.05) is 6.92 Å². The van der Waals surface area contributed by atoms with Crippen LogP contribution in [-0.4, -0.2) is 35.1 Å². The summed E-state index contributed by atoms with van der Waals surface area (Å²) >= 11 is 0. The molecule has 1 amide bonds. The minimum Gasteiger partial charge on any atom is -0.380 e. The Labute approximate surface area is 60.6 Å². The molecule has 1 saturated heterocycles. The summed E-state index contributed by atoms with van der Waals surface area (Å²) in [5.74, 6) is -0.120. The monoisotopic (exact) mass is 143 g/mol. The van der Waals surface area contributed by atoms with Gasteiger partial charge in [0.25, 0.3) is 5.91 Å². The molecule has 10 heavy (non-hydrogen) atoms. The van der Waals surface area contributed by atoms with Crippen LogP contribution >= 0.6 is 0 Å². The van der Waals surface area contributed by atoms with E-state index in [1.165, 1.54) is 0 Å². The molecule has 0 saturated carbocycles. The molecule has 1 aliphatic rings. The van der Waals surface area contributed by atoms with Crippen molar-refractivity contribution in [2.45, 2.75) is 19.4 Å². The van der Waals surface area contributed by atoms with Crippen LogP contribution in [0.3, 0.4) is 0 Å². The maximum Gasteiger partial charge on any atom is 0.254 e. The van der Waals surface area contributed by atoms with Crippen molar-refractivity contribution in [1.29, 1.82) is 0 Å². The average molecular weight is 143 g/mol. The van der Waals surface area contributed by atoms with Crippen molar-refractivity contribution in [2.24, 2.45) is 5.92 Å². The van der Waals surface area contributed by atoms with E-state index in [2.05, 4.69) is 0 Å². The topological polar surface area (TPSA) is 40.5 Å². The summed E-state index contributed by atoms with van der Waals surface area (Å²) in [7, 11) is 1.71. The molecule has 3 heteroatoms. The highest BCUT2D eigenvalue weighted by Crippen LogP contribution is 2.26. The lowest BCUT2D eigenvalue weighted by Crippen LogP contribution is -2.38. The van der Waals surface area contributed by atoms with Crippen molar-refractivity contribution in [1.82, 2.24) is 4.90 Å². The van der Waals surface area contributed by atoms with Crippen LogP contribution in [0.1, 0.15) is 13.8 Å². The van der Waals surface area contributed by atoms with Crippen LogP contribution in [0.5, 0.6) is 0 Å². The van der Waals surface area contributed by atoms with E-state index in [0.29, 0.717) is 6.54 Å². The Hall–Kier alpha value is -0.570. The standard InChI is InChI=1S/C7H13NO2/c1-5-4-8(3)6(9)7(5,2)10/h5,10H,4H2,1-3H3/t5?,7-/m1/s1. The molecule has 0 spiro atoms. The number of likely N-dealkylation sites (N-methyl/N-ethyl adjacent to an activating group) is 1. The first-order chi connectivity index (χ1) is 4.46.